The number of carbonyl (C=O) groups is 1. The second kappa shape index (κ2) is 4.69. The number of nitrogen functional groups attached to an aromatic ring is 1. The highest BCUT2D eigenvalue weighted by atomic mass is 16.2. The van der Waals surface area contributed by atoms with Crippen molar-refractivity contribution in [3.8, 4) is 0 Å². The fraction of sp³-hybridized carbons (Fsp3) is 0.583. The highest BCUT2D eigenvalue weighted by Gasteiger charge is 2.25. The summed E-state index contributed by atoms with van der Waals surface area (Å²) in [5.41, 5.74) is 7.67. The van der Waals surface area contributed by atoms with Crippen molar-refractivity contribution in [3.05, 3.63) is 17.5 Å². The summed E-state index contributed by atoms with van der Waals surface area (Å²) in [5, 5.41) is 0. The number of piperidine rings is 1. The van der Waals surface area contributed by atoms with Gasteiger partial charge in [-0.3, -0.25) is 4.79 Å². The maximum Gasteiger partial charge on any atom is 0.220 e. The molecule has 5 nitrogen and oxygen atoms in total. The van der Waals surface area contributed by atoms with Gasteiger partial charge < -0.3 is 10.6 Å². The van der Waals surface area contributed by atoms with Crippen LogP contribution in [0.1, 0.15) is 36.9 Å². The second-order valence-corrected chi connectivity index (χ2v) is 4.60. The zero-order valence-electron chi connectivity index (χ0n) is 10.3. The van der Waals surface area contributed by atoms with Crippen LogP contribution >= 0.6 is 0 Å². The van der Waals surface area contributed by atoms with Crippen molar-refractivity contribution in [2.24, 2.45) is 0 Å². The third-order valence-electron chi connectivity index (χ3n) is 3.28. The van der Waals surface area contributed by atoms with E-state index in [1.54, 1.807) is 13.1 Å². The van der Waals surface area contributed by atoms with E-state index in [1.807, 2.05) is 11.8 Å². The first-order chi connectivity index (χ1) is 8.08. The molecule has 1 aromatic heterocycles. The van der Waals surface area contributed by atoms with Crippen molar-refractivity contribution in [2.75, 3.05) is 18.8 Å². The zero-order chi connectivity index (χ0) is 12.4. The smallest absolute Gasteiger partial charge is 0.220 e. The quantitative estimate of drug-likeness (QED) is 0.789. The summed E-state index contributed by atoms with van der Waals surface area (Å²) in [5.74, 6) is 0.734. The number of anilines is 1. The fourth-order valence-electron chi connectivity index (χ4n) is 2.37. The van der Waals surface area contributed by atoms with Crippen LogP contribution in [-0.2, 0) is 4.79 Å². The molecule has 0 spiro atoms. The maximum atomic E-state index is 11.4. The molecular weight excluding hydrogens is 216 g/mol. The summed E-state index contributed by atoms with van der Waals surface area (Å²) in [6, 6.07) is 0. The summed E-state index contributed by atoms with van der Waals surface area (Å²) in [4.78, 5) is 21.6. The van der Waals surface area contributed by atoms with E-state index in [1.165, 1.54) is 0 Å². The summed E-state index contributed by atoms with van der Waals surface area (Å²) in [7, 11) is 0. The van der Waals surface area contributed by atoms with E-state index in [2.05, 4.69) is 9.97 Å². The molecule has 1 amide bonds. The van der Waals surface area contributed by atoms with Gasteiger partial charge in [0.1, 0.15) is 0 Å². The van der Waals surface area contributed by atoms with Crippen molar-refractivity contribution in [2.45, 2.75) is 32.6 Å². The standard InChI is InChI=1S/C12H18N4O/c1-8-6-14-12(13)15-11(8)10-4-3-5-16(7-10)9(2)17/h6,10H,3-5,7H2,1-2H3,(H2,13,14,15). The average molecular weight is 234 g/mol. The van der Waals surface area contributed by atoms with Gasteiger partial charge in [0.25, 0.3) is 0 Å². The van der Waals surface area contributed by atoms with Gasteiger partial charge in [-0.15, -0.1) is 0 Å². The monoisotopic (exact) mass is 234 g/mol. The number of nitrogens with zero attached hydrogens (tertiary/aromatic N) is 3. The van der Waals surface area contributed by atoms with Crippen molar-refractivity contribution in [1.82, 2.24) is 14.9 Å². The molecule has 1 aliphatic rings. The molecule has 2 rings (SSSR count). The number of aromatic nitrogens is 2. The van der Waals surface area contributed by atoms with Gasteiger partial charge >= 0.3 is 0 Å². The van der Waals surface area contributed by atoms with E-state index in [9.17, 15) is 4.79 Å². The Hall–Kier alpha value is -1.65. The Kier molecular flexibility index (Phi) is 3.26. The second-order valence-electron chi connectivity index (χ2n) is 4.60. The Labute approximate surface area is 101 Å². The number of nitrogens with two attached hydrogens (primary N) is 1. The summed E-state index contributed by atoms with van der Waals surface area (Å²) in [6.07, 6.45) is 3.83. The Morgan fingerprint density at radius 1 is 1.59 bits per heavy atom. The molecule has 0 radical (unpaired) electrons. The van der Waals surface area contributed by atoms with Crippen molar-refractivity contribution >= 4 is 11.9 Å². The maximum absolute atomic E-state index is 11.4. The minimum Gasteiger partial charge on any atom is -0.368 e. The number of aryl methyl sites for hydroxylation is 1. The highest BCUT2D eigenvalue weighted by molar-refractivity contribution is 5.73. The van der Waals surface area contributed by atoms with Gasteiger partial charge in [-0.1, -0.05) is 0 Å². The molecule has 1 aliphatic heterocycles. The van der Waals surface area contributed by atoms with Gasteiger partial charge in [0.15, 0.2) is 0 Å². The SMILES string of the molecule is CC(=O)N1CCCC(c2nc(N)ncc2C)C1. The van der Waals surface area contributed by atoms with Crippen LogP contribution in [0.3, 0.4) is 0 Å². The first-order valence-electron chi connectivity index (χ1n) is 5.92. The Morgan fingerprint density at radius 3 is 3.06 bits per heavy atom. The lowest BCUT2D eigenvalue weighted by atomic mass is 9.92. The minimum atomic E-state index is 0.134. The molecule has 1 unspecified atom stereocenters. The Morgan fingerprint density at radius 2 is 2.35 bits per heavy atom. The Balaban J connectivity index is 2.21. The van der Waals surface area contributed by atoms with Gasteiger partial charge in [-0.05, 0) is 25.3 Å². The van der Waals surface area contributed by atoms with E-state index >= 15 is 0 Å². The van der Waals surface area contributed by atoms with E-state index in [-0.39, 0.29) is 11.8 Å². The largest absolute Gasteiger partial charge is 0.368 e. The number of carbonyl (C=O) groups excluding carboxylic acids is 1. The van der Waals surface area contributed by atoms with Crippen LogP contribution in [0.5, 0.6) is 0 Å². The molecule has 0 aliphatic carbocycles. The predicted octanol–water partition coefficient (Wildman–Crippen LogP) is 1.09. The van der Waals surface area contributed by atoms with Gasteiger partial charge in [0.05, 0.1) is 5.69 Å². The molecule has 2 heterocycles. The molecule has 0 aromatic carbocycles. The molecule has 1 saturated heterocycles. The highest BCUT2D eigenvalue weighted by Crippen LogP contribution is 2.27. The summed E-state index contributed by atoms with van der Waals surface area (Å²) >= 11 is 0. The number of likely N-dealkylation sites (tertiary alicyclic amines) is 1. The lowest BCUT2D eigenvalue weighted by Crippen LogP contribution is -2.38. The van der Waals surface area contributed by atoms with Crippen molar-refractivity contribution < 1.29 is 4.79 Å². The van der Waals surface area contributed by atoms with Crippen LogP contribution < -0.4 is 5.73 Å². The van der Waals surface area contributed by atoms with Crippen LogP contribution in [0.15, 0.2) is 6.20 Å². The third-order valence-corrected chi connectivity index (χ3v) is 3.28. The molecule has 1 aromatic rings. The molecule has 1 fully saturated rings. The van der Waals surface area contributed by atoms with Crippen LogP contribution in [0.2, 0.25) is 0 Å². The van der Waals surface area contributed by atoms with Crippen LogP contribution in [0.4, 0.5) is 5.95 Å². The fourth-order valence-corrected chi connectivity index (χ4v) is 2.37. The van der Waals surface area contributed by atoms with Crippen LogP contribution in [-0.4, -0.2) is 33.9 Å². The third kappa shape index (κ3) is 2.54. The lowest BCUT2D eigenvalue weighted by Gasteiger charge is -2.32. The average Bonchev–Trinajstić information content (AvgIpc) is 2.32. The van der Waals surface area contributed by atoms with E-state index in [4.69, 9.17) is 5.73 Å². The van der Waals surface area contributed by atoms with Crippen LogP contribution in [0, 0.1) is 6.92 Å². The topological polar surface area (TPSA) is 72.1 Å². The van der Waals surface area contributed by atoms with Gasteiger partial charge in [-0.2, -0.15) is 0 Å². The number of hydrogen-bond donors (Lipinski definition) is 1. The molecular formula is C12H18N4O. The minimum absolute atomic E-state index is 0.134. The van der Waals surface area contributed by atoms with Crippen molar-refractivity contribution in [1.29, 1.82) is 0 Å². The van der Waals surface area contributed by atoms with E-state index < -0.39 is 0 Å². The van der Waals surface area contributed by atoms with E-state index in [0.717, 1.165) is 37.2 Å². The van der Waals surface area contributed by atoms with Crippen LogP contribution in [0.25, 0.3) is 0 Å². The lowest BCUT2D eigenvalue weighted by molar-refractivity contribution is -0.130. The summed E-state index contributed by atoms with van der Waals surface area (Å²) in [6.45, 7) is 5.20. The normalized spacial score (nSPS) is 20.4. The molecule has 5 heteroatoms. The first-order valence-corrected chi connectivity index (χ1v) is 5.92. The molecule has 1 atom stereocenters. The molecule has 92 valence electrons. The summed E-state index contributed by atoms with van der Waals surface area (Å²) < 4.78 is 0. The molecule has 17 heavy (non-hydrogen) atoms. The van der Waals surface area contributed by atoms with Gasteiger partial charge in [0, 0.05) is 32.1 Å². The Bertz CT molecular complexity index is 433. The van der Waals surface area contributed by atoms with E-state index in [0.29, 0.717) is 5.95 Å². The molecule has 0 bridgehead atoms. The van der Waals surface area contributed by atoms with Gasteiger partial charge in [-0.25, -0.2) is 9.97 Å². The number of amides is 1. The molecule has 2 N–H and O–H groups in total. The first kappa shape index (κ1) is 11.8. The zero-order valence-corrected chi connectivity index (χ0v) is 10.3. The molecule has 0 saturated carbocycles. The number of rotatable bonds is 1. The number of hydrogen-bond acceptors (Lipinski definition) is 4. The predicted molar refractivity (Wildman–Crippen MR) is 65.4 cm³/mol. The van der Waals surface area contributed by atoms with Crippen molar-refractivity contribution in [3.63, 3.8) is 0 Å². The van der Waals surface area contributed by atoms with Gasteiger partial charge in [0.2, 0.25) is 11.9 Å².